The van der Waals surface area contributed by atoms with E-state index >= 15 is 0 Å². The Labute approximate surface area is 143 Å². The molecule has 1 aliphatic heterocycles. The first-order valence-electron chi connectivity index (χ1n) is 7.93. The number of amides is 1. The fourth-order valence-corrected chi connectivity index (χ4v) is 4.10. The first kappa shape index (κ1) is 18.9. The number of rotatable bonds is 7. The first-order chi connectivity index (χ1) is 11.5. The Hall–Kier alpha value is -1.48. The Morgan fingerprint density at radius 2 is 2.08 bits per heavy atom. The number of sulfonamides is 1. The van der Waals surface area contributed by atoms with E-state index in [0.717, 1.165) is 6.42 Å². The van der Waals surface area contributed by atoms with Gasteiger partial charge in [0.05, 0.1) is 18.1 Å². The summed E-state index contributed by atoms with van der Waals surface area (Å²) in [6.45, 7) is 4.03. The summed E-state index contributed by atoms with van der Waals surface area (Å²) in [5, 5.41) is 2.77. The highest BCUT2D eigenvalue weighted by Crippen LogP contribution is 2.20. The van der Waals surface area contributed by atoms with Crippen LogP contribution in [0.25, 0.3) is 0 Å². The van der Waals surface area contributed by atoms with E-state index in [1.54, 1.807) is 7.11 Å². The van der Waals surface area contributed by atoms with Gasteiger partial charge in [-0.15, -0.1) is 0 Å². The van der Waals surface area contributed by atoms with Crippen LogP contribution < -0.4 is 5.32 Å². The molecule has 1 saturated heterocycles. The molecule has 1 aliphatic rings. The standard InChI is InChI=1S/C16H24N2O5S/c1-13-12-23-11-9-18(13)24(20,21)15-6-4-14(5-7-15)16(19)17-8-3-10-22-2/h4-7,13H,3,8-12H2,1-2H3,(H,17,19). The normalized spacial score (nSPS) is 19.2. The number of hydrogen-bond acceptors (Lipinski definition) is 5. The number of morpholine rings is 1. The maximum absolute atomic E-state index is 12.7. The molecule has 134 valence electrons. The van der Waals surface area contributed by atoms with Crippen molar-refractivity contribution in [2.75, 3.05) is 40.0 Å². The van der Waals surface area contributed by atoms with Gasteiger partial charge in [0, 0.05) is 38.4 Å². The van der Waals surface area contributed by atoms with E-state index in [9.17, 15) is 13.2 Å². The zero-order chi connectivity index (χ0) is 17.6. The van der Waals surface area contributed by atoms with Gasteiger partial charge in [-0.05, 0) is 37.6 Å². The summed E-state index contributed by atoms with van der Waals surface area (Å²) in [5.41, 5.74) is 0.432. The fourth-order valence-electron chi connectivity index (χ4n) is 2.50. The number of methoxy groups -OCH3 is 1. The average molecular weight is 356 g/mol. The molecule has 0 aromatic heterocycles. The molecule has 1 atom stereocenters. The Balaban J connectivity index is 2.04. The zero-order valence-electron chi connectivity index (χ0n) is 14.0. The number of hydrogen-bond donors (Lipinski definition) is 1. The molecule has 0 saturated carbocycles. The predicted octanol–water partition coefficient (Wildman–Crippen LogP) is 0.862. The summed E-state index contributed by atoms with van der Waals surface area (Å²) in [7, 11) is -1.97. The van der Waals surface area contributed by atoms with E-state index in [1.807, 2.05) is 6.92 Å². The van der Waals surface area contributed by atoms with E-state index in [0.29, 0.717) is 38.5 Å². The van der Waals surface area contributed by atoms with E-state index in [1.165, 1.54) is 28.6 Å². The summed E-state index contributed by atoms with van der Waals surface area (Å²) in [6.07, 6.45) is 0.726. The molecule has 1 aromatic carbocycles. The van der Waals surface area contributed by atoms with E-state index < -0.39 is 10.0 Å². The van der Waals surface area contributed by atoms with Crippen LogP contribution in [0.15, 0.2) is 29.2 Å². The molecule has 1 fully saturated rings. The van der Waals surface area contributed by atoms with Crippen molar-refractivity contribution in [3.63, 3.8) is 0 Å². The summed E-state index contributed by atoms with van der Waals surface area (Å²) in [4.78, 5) is 12.2. The number of ether oxygens (including phenoxy) is 2. The molecule has 7 nitrogen and oxygen atoms in total. The summed E-state index contributed by atoms with van der Waals surface area (Å²) in [5.74, 6) is -0.227. The summed E-state index contributed by atoms with van der Waals surface area (Å²) < 4.78 is 37.0. The van der Waals surface area contributed by atoms with Gasteiger partial charge < -0.3 is 14.8 Å². The lowest BCUT2D eigenvalue weighted by molar-refractivity contribution is 0.0393. The Kier molecular flexibility index (Phi) is 6.73. The van der Waals surface area contributed by atoms with E-state index in [2.05, 4.69) is 5.32 Å². The largest absolute Gasteiger partial charge is 0.385 e. The van der Waals surface area contributed by atoms with Crippen molar-refractivity contribution < 1.29 is 22.7 Å². The minimum absolute atomic E-state index is 0.187. The number of nitrogens with one attached hydrogen (secondary N) is 1. The highest BCUT2D eigenvalue weighted by Gasteiger charge is 2.31. The van der Waals surface area contributed by atoms with E-state index in [4.69, 9.17) is 9.47 Å². The van der Waals surface area contributed by atoms with Crippen LogP contribution in [0, 0.1) is 0 Å². The second kappa shape index (κ2) is 8.57. The molecule has 0 radical (unpaired) electrons. The van der Waals surface area contributed by atoms with Crippen LogP contribution in [0.2, 0.25) is 0 Å². The van der Waals surface area contributed by atoms with Crippen LogP contribution >= 0.6 is 0 Å². The summed E-state index contributed by atoms with van der Waals surface area (Å²) >= 11 is 0. The number of nitrogens with zero attached hydrogens (tertiary/aromatic N) is 1. The Bertz CT molecular complexity index is 645. The Morgan fingerprint density at radius 1 is 1.38 bits per heavy atom. The molecule has 0 bridgehead atoms. The Morgan fingerprint density at radius 3 is 2.71 bits per heavy atom. The van der Waals surface area contributed by atoms with Gasteiger partial charge in [0.2, 0.25) is 10.0 Å². The van der Waals surface area contributed by atoms with Crippen LogP contribution in [0.4, 0.5) is 0 Å². The highest BCUT2D eigenvalue weighted by atomic mass is 32.2. The van der Waals surface area contributed by atoms with Gasteiger partial charge in [-0.2, -0.15) is 4.31 Å². The van der Waals surface area contributed by atoms with Crippen LogP contribution in [-0.2, 0) is 19.5 Å². The van der Waals surface area contributed by atoms with Crippen molar-refractivity contribution >= 4 is 15.9 Å². The second-order valence-corrected chi connectivity index (χ2v) is 7.56. The second-order valence-electron chi connectivity index (χ2n) is 5.67. The maximum Gasteiger partial charge on any atom is 0.251 e. The first-order valence-corrected chi connectivity index (χ1v) is 9.37. The van der Waals surface area contributed by atoms with Gasteiger partial charge in [0.1, 0.15) is 0 Å². The smallest absolute Gasteiger partial charge is 0.251 e. The minimum Gasteiger partial charge on any atom is -0.385 e. The van der Waals surface area contributed by atoms with Crippen molar-refractivity contribution in [1.29, 1.82) is 0 Å². The van der Waals surface area contributed by atoms with Crippen molar-refractivity contribution in [1.82, 2.24) is 9.62 Å². The molecule has 1 aromatic rings. The third-order valence-corrected chi connectivity index (χ3v) is 5.87. The topological polar surface area (TPSA) is 84.9 Å². The molecule has 0 aliphatic carbocycles. The van der Waals surface area contributed by atoms with Crippen LogP contribution in [0.5, 0.6) is 0 Å². The molecule has 1 amide bonds. The van der Waals surface area contributed by atoms with Crippen LogP contribution in [-0.4, -0.2) is 64.7 Å². The molecule has 24 heavy (non-hydrogen) atoms. The minimum atomic E-state index is -3.57. The summed E-state index contributed by atoms with van der Waals surface area (Å²) in [6, 6.07) is 5.81. The SMILES string of the molecule is COCCCNC(=O)c1ccc(S(=O)(=O)N2CCOCC2C)cc1. The third kappa shape index (κ3) is 4.54. The van der Waals surface area contributed by atoms with Crippen molar-refractivity contribution in [2.24, 2.45) is 0 Å². The van der Waals surface area contributed by atoms with Crippen molar-refractivity contribution in [3.8, 4) is 0 Å². The lowest BCUT2D eigenvalue weighted by Gasteiger charge is -2.32. The van der Waals surface area contributed by atoms with Gasteiger partial charge in [-0.1, -0.05) is 0 Å². The third-order valence-electron chi connectivity index (χ3n) is 3.84. The monoisotopic (exact) mass is 356 g/mol. The van der Waals surface area contributed by atoms with Crippen LogP contribution in [0.1, 0.15) is 23.7 Å². The van der Waals surface area contributed by atoms with Gasteiger partial charge in [-0.3, -0.25) is 4.79 Å². The number of carbonyl (C=O) groups excluding carboxylic acids is 1. The lowest BCUT2D eigenvalue weighted by Crippen LogP contribution is -2.46. The lowest BCUT2D eigenvalue weighted by atomic mass is 10.2. The quantitative estimate of drug-likeness (QED) is 0.733. The molecule has 1 heterocycles. The van der Waals surface area contributed by atoms with Crippen molar-refractivity contribution in [2.45, 2.75) is 24.3 Å². The molecular formula is C16H24N2O5S. The van der Waals surface area contributed by atoms with E-state index in [-0.39, 0.29) is 16.8 Å². The highest BCUT2D eigenvalue weighted by molar-refractivity contribution is 7.89. The number of carbonyl (C=O) groups is 1. The van der Waals surface area contributed by atoms with Gasteiger partial charge >= 0.3 is 0 Å². The predicted molar refractivity (Wildman–Crippen MR) is 89.4 cm³/mol. The average Bonchev–Trinajstić information content (AvgIpc) is 2.59. The number of benzene rings is 1. The van der Waals surface area contributed by atoms with Gasteiger partial charge in [0.25, 0.3) is 5.91 Å². The fraction of sp³-hybridized carbons (Fsp3) is 0.562. The molecule has 1 unspecified atom stereocenters. The molecular weight excluding hydrogens is 332 g/mol. The maximum atomic E-state index is 12.7. The molecule has 0 spiro atoms. The molecule has 2 rings (SSSR count). The van der Waals surface area contributed by atoms with Crippen LogP contribution in [0.3, 0.4) is 0 Å². The zero-order valence-corrected chi connectivity index (χ0v) is 14.8. The molecule has 1 N–H and O–H groups in total. The van der Waals surface area contributed by atoms with Crippen molar-refractivity contribution in [3.05, 3.63) is 29.8 Å². The van der Waals surface area contributed by atoms with Gasteiger partial charge in [0.15, 0.2) is 0 Å². The molecule has 8 heteroatoms. The van der Waals surface area contributed by atoms with Gasteiger partial charge in [-0.25, -0.2) is 8.42 Å².